The smallest absolute Gasteiger partial charge is 0.373 e. The molecule has 0 heterocycles. The Morgan fingerprint density at radius 1 is 0.800 bits per heavy atom. The first kappa shape index (κ1) is 46.6. The first-order valence-corrected chi connectivity index (χ1v) is 19.2. The highest BCUT2D eigenvalue weighted by molar-refractivity contribution is 5.99. The van der Waals surface area contributed by atoms with E-state index < -0.39 is 55.0 Å². The molecule has 1 aliphatic carbocycles. The lowest BCUT2D eigenvalue weighted by Crippen LogP contribution is -2.50. The first-order valence-electron chi connectivity index (χ1n) is 19.2. The molecule has 13 heteroatoms. The SMILES string of the molecule is Cc1ccc(C(=O)N[C@@H](Cc2ccccc2)C(=O)C[C@@H](C)C(=O)N[C@H](C(=O)C[C@@H](CCCC[N+](C)(C)C)C(=O)NC(CO)CO)C2CCCC2)cc1.O=C=O. The van der Waals surface area contributed by atoms with Gasteiger partial charge in [-0.15, -0.1) is 0 Å². The van der Waals surface area contributed by atoms with Crippen molar-refractivity contribution in [2.75, 3.05) is 40.9 Å². The molecule has 0 aromatic heterocycles. The molecule has 1 fully saturated rings. The highest BCUT2D eigenvalue weighted by atomic mass is 16.3. The monoisotopic (exact) mass is 765 g/mol. The van der Waals surface area contributed by atoms with Crippen molar-refractivity contribution in [2.24, 2.45) is 17.8 Å². The van der Waals surface area contributed by atoms with Crippen LogP contribution in [0.2, 0.25) is 0 Å². The van der Waals surface area contributed by atoms with Crippen molar-refractivity contribution in [3.8, 4) is 0 Å². The van der Waals surface area contributed by atoms with Crippen LogP contribution in [-0.2, 0) is 35.2 Å². The van der Waals surface area contributed by atoms with Gasteiger partial charge in [0, 0.05) is 30.2 Å². The Kier molecular flexibility index (Phi) is 20.4. The predicted molar refractivity (Wildman–Crippen MR) is 206 cm³/mol. The number of aliphatic hydroxyl groups excluding tert-OH is 2. The Morgan fingerprint density at radius 2 is 1.40 bits per heavy atom. The second-order valence-corrected chi connectivity index (χ2v) is 15.7. The lowest BCUT2D eigenvalue weighted by Gasteiger charge is -2.28. The van der Waals surface area contributed by atoms with Crippen molar-refractivity contribution in [3.63, 3.8) is 0 Å². The molecule has 2 aromatic carbocycles. The molecule has 0 unspecified atom stereocenters. The third kappa shape index (κ3) is 17.2. The average Bonchev–Trinajstić information content (AvgIpc) is 3.69. The second-order valence-electron chi connectivity index (χ2n) is 15.7. The van der Waals surface area contributed by atoms with Crippen LogP contribution in [0.15, 0.2) is 54.6 Å². The molecule has 13 nitrogen and oxygen atoms in total. The van der Waals surface area contributed by atoms with Gasteiger partial charge in [0.1, 0.15) is 0 Å². The fourth-order valence-electron chi connectivity index (χ4n) is 6.77. The van der Waals surface area contributed by atoms with Crippen LogP contribution < -0.4 is 16.0 Å². The molecule has 302 valence electrons. The van der Waals surface area contributed by atoms with Gasteiger partial charge in [-0.25, -0.2) is 0 Å². The van der Waals surface area contributed by atoms with Crippen LogP contribution in [0.25, 0.3) is 0 Å². The number of aryl methyl sites for hydroxylation is 1. The van der Waals surface area contributed by atoms with E-state index in [1.165, 1.54) is 0 Å². The summed E-state index contributed by atoms with van der Waals surface area (Å²) in [6, 6.07) is 14.0. The normalized spacial score (nSPS) is 15.1. The number of hydrogen-bond donors (Lipinski definition) is 5. The van der Waals surface area contributed by atoms with E-state index in [-0.39, 0.29) is 48.8 Å². The second kappa shape index (κ2) is 24.1. The number of quaternary nitrogens is 1. The molecule has 1 aliphatic rings. The largest absolute Gasteiger partial charge is 0.394 e. The van der Waals surface area contributed by atoms with Crippen LogP contribution in [0.5, 0.6) is 0 Å². The van der Waals surface area contributed by atoms with E-state index in [2.05, 4.69) is 37.1 Å². The lowest BCUT2D eigenvalue weighted by molar-refractivity contribution is -0.870. The van der Waals surface area contributed by atoms with Gasteiger partial charge in [0.15, 0.2) is 11.6 Å². The molecule has 3 amide bonds. The van der Waals surface area contributed by atoms with Crippen molar-refractivity contribution >= 4 is 35.4 Å². The van der Waals surface area contributed by atoms with Crippen molar-refractivity contribution in [2.45, 2.75) is 96.2 Å². The fourth-order valence-corrected chi connectivity index (χ4v) is 6.77. The van der Waals surface area contributed by atoms with Crippen LogP contribution in [0.1, 0.15) is 86.2 Å². The molecule has 0 saturated heterocycles. The molecule has 2 aromatic rings. The standard InChI is InChI=1S/C41H60N4O7.CO2/c1-28-18-20-32(21-19-28)40(51)43-35(24-30-13-7-6-8-14-30)36(48)23-29(2)39(50)44-38(31-15-9-10-16-31)37(49)25-33(17-11-12-22-45(3,4)5)41(52)42-34(26-46)27-47;2-1-3/h6-8,13-14,18-21,29,31,33-35,38,46-47H,9-12,15-17,22-27H2,1-5H3,(H2-,42,43,44,50,51,52);/p+1/t29-,33-,35+,38+;/m1./s1. The number of aliphatic hydroxyl groups is 2. The highest BCUT2D eigenvalue weighted by Gasteiger charge is 2.36. The van der Waals surface area contributed by atoms with Crippen LogP contribution >= 0.6 is 0 Å². The Balaban J connectivity index is 0.00000337. The maximum Gasteiger partial charge on any atom is 0.373 e. The number of Topliss-reactive ketones (excluding diaryl/α,β-unsaturated/α-hetero) is 2. The van der Waals surface area contributed by atoms with Gasteiger partial charge in [-0.05, 0) is 69.1 Å². The minimum Gasteiger partial charge on any atom is -0.394 e. The number of carbonyl (C=O) groups is 5. The minimum atomic E-state index is -0.864. The maximum atomic E-state index is 14.0. The molecular formula is C42H61N4O9+. The molecule has 55 heavy (non-hydrogen) atoms. The average molecular weight is 766 g/mol. The molecule has 0 radical (unpaired) electrons. The number of unbranched alkanes of at least 4 members (excludes halogenated alkanes) is 1. The van der Waals surface area contributed by atoms with Crippen LogP contribution in [0, 0.1) is 24.7 Å². The Labute approximate surface area is 325 Å². The van der Waals surface area contributed by atoms with Gasteiger partial charge >= 0.3 is 6.15 Å². The van der Waals surface area contributed by atoms with Crippen molar-refractivity contribution in [1.82, 2.24) is 16.0 Å². The molecule has 1 saturated carbocycles. The topological polar surface area (TPSA) is 196 Å². The maximum absolute atomic E-state index is 14.0. The lowest BCUT2D eigenvalue weighted by atomic mass is 9.86. The van der Waals surface area contributed by atoms with Crippen molar-refractivity contribution in [3.05, 3.63) is 71.3 Å². The third-order valence-electron chi connectivity index (χ3n) is 10.00. The predicted octanol–water partition coefficient (Wildman–Crippen LogP) is 2.94. The summed E-state index contributed by atoms with van der Waals surface area (Å²) in [6.07, 6.45) is 5.73. The summed E-state index contributed by atoms with van der Waals surface area (Å²) in [5, 5.41) is 27.7. The van der Waals surface area contributed by atoms with Crippen molar-refractivity contribution in [1.29, 1.82) is 0 Å². The zero-order valence-corrected chi connectivity index (χ0v) is 33.1. The summed E-state index contributed by atoms with van der Waals surface area (Å²) in [5.41, 5.74) is 2.31. The summed E-state index contributed by atoms with van der Waals surface area (Å²) in [5.74, 6) is -3.27. The van der Waals surface area contributed by atoms with E-state index in [1.807, 2.05) is 49.4 Å². The zero-order chi connectivity index (χ0) is 41.0. The number of hydrogen-bond acceptors (Lipinski definition) is 9. The van der Waals surface area contributed by atoms with Crippen LogP contribution in [0.3, 0.4) is 0 Å². The number of ketones is 2. The summed E-state index contributed by atoms with van der Waals surface area (Å²) in [6.45, 7) is 3.63. The fraction of sp³-hybridized carbons (Fsp3) is 0.571. The summed E-state index contributed by atoms with van der Waals surface area (Å²) in [7, 11) is 6.28. The van der Waals surface area contributed by atoms with E-state index >= 15 is 0 Å². The van der Waals surface area contributed by atoms with E-state index in [1.54, 1.807) is 19.1 Å². The number of nitrogens with one attached hydrogen (secondary N) is 3. The van der Waals surface area contributed by atoms with Gasteiger partial charge < -0.3 is 30.6 Å². The van der Waals surface area contributed by atoms with Crippen molar-refractivity contribution < 1.29 is 48.3 Å². The summed E-state index contributed by atoms with van der Waals surface area (Å²) < 4.78 is 0.773. The molecule has 3 rings (SSSR count). The van der Waals surface area contributed by atoms with Crippen LogP contribution in [0.4, 0.5) is 0 Å². The molecule has 0 aliphatic heterocycles. The van der Waals surface area contributed by atoms with Crippen LogP contribution in [-0.4, -0.2) is 109 Å². The van der Waals surface area contributed by atoms with E-state index in [9.17, 15) is 34.2 Å². The van der Waals surface area contributed by atoms with E-state index in [0.717, 1.165) is 54.3 Å². The molecular weight excluding hydrogens is 704 g/mol. The zero-order valence-electron chi connectivity index (χ0n) is 33.1. The van der Waals surface area contributed by atoms with E-state index in [0.29, 0.717) is 18.4 Å². The number of rotatable bonds is 22. The molecule has 0 bridgehead atoms. The number of benzene rings is 2. The minimum absolute atomic E-state index is 0.0801. The number of amides is 3. The van der Waals surface area contributed by atoms with Gasteiger partial charge in [0.25, 0.3) is 5.91 Å². The highest BCUT2D eigenvalue weighted by Crippen LogP contribution is 2.30. The van der Waals surface area contributed by atoms with Gasteiger partial charge in [-0.3, -0.25) is 24.0 Å². The molecule has 0 spiro atoms. The molecule has 5 N–H and O–H groups in total. The third-order valence-corrected chi connectivity index (χ3v) is 10.00. The Bertz CT molecular complexity index is 1540. The first-order chi connectivity index (χ1) is 26.1. The number of nitrogens with zero attached hydrogens (tertiary/aromatic N) is 1. The Morgan fingerprint density at radius 3 is 1.96 bits per heavy atom. The van der Waals surface area contributed by atoms with Gasteiger partial charge in [-0.1, -0.05) is 67.8 Å². The van der Waals surface area contributed by atoms with E-state index in [4.69, 9.17) is 9.59 Å². The number of carbonyl (C=O) groups excluding carboxylic acids is 7. The summed E-state index contributed by atoms with van der Waals surface area (Å²) >= 11 is 0. The van der Waals surface area contributed by atoms with Gasteiger partial charge in [0.05, 0.1) is 59.0 Å². The summed E-state index contributed by atoms with van der Waals surface area (Å²) in [4.78, 5) is 84.2. The quantitative estimate of drug-likeness (QED) is 0.0885. The molecule has 4 atom stereocenters. The van der Waals surface area contributed by atoms with Gasteiger partial charge in [0.2, 0.25) is 11.8 Å². The Hall–Kier alpha value is -4.55. The van der Waals surface area contributed by atoms with Gasteiger partial charge in [-0.2, -0.15) is 9.59 Å².